The van der Waals surface area contributed by atoms with E-state index >= 15 is 0 Å². The van der Waals surface area contributed by atoms with Crippen LogP contribution in [0.5, 0.6) is 0 Å². The Kier molecular flexibility index (Phi) is 11.0. The second-order valence-electron chi connectivity index (χ2n) is 10.9. The molecule has 1 aliphatic carbocycles. The lowest BCUT2D eigenvalue weighted by atomic mass is 9.95. The van der Waals surface area contributed by atoms with Crippen LogP contribution in [0.4, 0.5) is 9.59 Å². The number of hydrogen-bond acceptors (Lipinski definition) is 5. The lowest BCUT2D eigenvalue weighted by molar-refractivity contribution is -0.126. The van der Waals surface area contributed by atoms with Crippen molar-refractivity contribution in [3.8, 4) is 6.07 Å². The normalized spacial score (nSPS) is 17.5. The highest BCUT2D eigenvalue weighted by molar-refractivity contribution is 5.88. The molecule has 1 aliphatic heterocycles. The molecular weight excluding hydrogens is 520 g/mol. The van der Waals surface area contributed by atoms with E-state index in [1.807, 2.05) is 16.7 Å². The van der Waals surface area contributed by atoms with Crippen molar-refractivity contribution in [3.63, 3.8) is 0 Å². The molecular formula is C30H42N8O3. The fourth-order valence-electron chi connectivity index (χ4n) is 5.43. The minimum Gasteiger partial charge on any atom is -0.354 e. The number of nitriles is 1. The minimum atomic E-state index is -0.771. The van der Waals surface area contributed by atoms with Gasteiger partial charge in [0.1, 0.15) is 6.04 Å². The number of unbranched alkanes of at least 4 members (excludes halogenated alkanes) is 1. The van der Waals surface area contributed by atoms with Gasteiger partial charge in [-0.15, -0.1) is 0 Å². The second-order valence-corrected chi connectivity index (χ2v) is 10.9. The molecule has 5 amide bonds. The summed E-state index contributed by atoms with van der Waals surface area (Å²) < 4.78 is 2.01. The highest BCUT2D eigenvalue weighted by Crippen LogP contribution is 2.19. The molecule has 2 heterocycles. The number of amides is 5. The predicted octanol–water partition coefficient (Wildman–Crippen LogP) is 3.00. The summed E-state index contributed by atoms with van der Waals surface area (Å²) in [4.78, 5) is 47.0. The number of carbonyl (C=O) groups excluding carboxylic acids is 3. The first-order chi connectivity index (χ1) is 20.0. The van der Waals surface area contributed by atoms with Gasteiger partial charge in [-0.3, -0.25) is 4.79 Å². The average Bonchev–Trinajstić information content (AvgIpc) is 3.44. The SMILES string of the molecule is CCCCNC(=O)N1CCN(C(=O)NC2CCCCC2)C(C(=O)NCCc2cncn2Cc2ccc(C#N)cc2)C1. The van der Waals surface area contributed by atoms with Crippen molar-refractivity contribution in [1.82, 2.24) is 35.3 Å². The number of nitrogens with zero attached hydrogens (tertiary/aromatic N) is 5. The van der Waals surface area contributed by atoms with Crippen molar-refractivity contribution in [2.75, 3.05) is 32.7 Å². The molecule has 2 fully saturated rings. The third kappa shape index (κ3) is 8.46. The van der Waals surface area contributed by atoms with Crippen LogP contribution in [0.3, 0.4) is 0 Å². The van der Waals surface area contributed by atoms with Crippen LogP contribution in [0.1, 0.15) is 68.7 Å². The molecule has 0 radical (unpaired) electrons. The molecule has 220 valence electrons. The van der Waals surface area contributed by atoms with E-state index in [4.69, 9.17) is 5.26 Å². The van der Waals surface area contributed by atoms with E-state index in [1.54, 1.807) is 34.5 Å². The molecule has 1 atom stereocenters. The zero-order chi connectivity index (χ0) is 29.0. The number of hydrogen-bond donors (Lipinski definition) is 3. The van der Waals surface area contributed by atoms with Crippen molar-refractivity contribution in [2.24, 2.45) is 0 Å². The zero-order valence-corrected chi connectivity index (χ0v) is 24.0. The fraction of sp³-hybridized carbons (Fsp3) is 0.567. The summed E-state index contributed by atoms with van der Waals surface area (Å²) in [7, 11) is 0. The summed E-state index contributed by atoms with van der Waals surface area (Å²) in [6, 6.07) is 8.48. The van der Waals surface area contributed by atoms with Crippen molar-refractivity contribution in [1.29, 1.82) is 5.26 Å². The number of imidazole rings is 1. The number of benzene rings is 1. The topological polar surface area (TPSA) is 135 Å². The molecule has 1 aromatic carbocycles. The molecule has 1 aromatic heterocycles. The van der Waals surface area contributed by atoms with E-state index in [0.717, 1.165) is 49.8 Å². The van der Waals surface area contributed by atoms with Crippen LogP contribution in [-0.4, -0.2) is 82.1 Å². The van der Waals surface area contributed by atoms with Crippen molar-refractivity contribution in [2.45, 2.75) is 76.9 Å². The number of nitrogens with one attached hydrogen (secondary N) is 3. The van der Waals surface area contributed by atoms with Gasteiger partial charge in [-0.2, -0.15) is 5.26 Å². The monoisotopic (exact) mass is 562 g/mol. The van der Waals surface area contributed by atoms with Crippen LogP contribution in [0.25, 0.3) is 0 Å². The maximum absolute atomic E-state index is 13.5. The number of piperazine rings is 1. The molecule has 11 heteroatoms. The number of urea groups is 2. The lowest BCUT2D eigenvalue weighted by Crippen LogP contribution is -2.64. The Morgan fingerprint density at radius 1 is 1.02 bits per heavy atom. The Labute approximate surface area is 242 Å². The minimum absolute atomic E-state index is 0.131. The first kappa shape index (κ1) is 29.9. The van der Waals surface area contributed by atoms with E-state index in [0.29, 0.717) is 44.7 Å². The van der Waals surface area contributed by atoms with Crippen LogP contribution in [0, 0.1) is 11.3 Å². The summed E-state index contributed by atoms with van der Waals surface area (Å²) in [5.41, 5.74) is 2.62. The van der Waals surface area contributed by atoms with Crippen molar-refractivity contribution >= 4 is 18.0 Å². The molecule has 2 aliphatic rings. The molecule has 1 unspecified atom stereocenters. The molecule has 0 bridgehead atoms. The molecule has 1 saturated heterocycles. The third-order valence-corrected chi connectivity index (χ3v) is 7.89. The van der Waals surface area contributed by atoms with E-state index in [-0.39, 0.29) is 30.6 Å². The van der Waals surface area contributed by atoms with Gasteiger partial charge in [0.2, 0.25) is 5.91 Å². The molecule has 11 nitrogen and oxygen atoms in total. The molecule has 4 rings (SSSR count). The molecule has 41 heavy (non-hydrogen) atoms. The Balaban J connectivity index is 1.36. The lowest BCUT2D eigenvalue weighted by Gasteiger charge is -2.41. The van der Waals surface area contributed by atoms with E-state index in [9.17, 15) is 14.4 Å². The van der Waals surface area contributed by atoms with E-state index in [1.165, 1.54) is 6.42 Å². The van der Waals surface area contributed by atoms with Crippen molar-refractivity contribution in [3.05, 3.63) is 53.6 Å². The van der Waals surface area contributed by atoms with Crippen LogP contribution in [0.2, 0.25) is 0 Å². The zero-order valence-electron chi connectivity index (χ0n) is 24.0. The maximum atomic E-state index is 13.5. The molecule has 0 spiro atoms. The van der Waals surface area contributed by atoms with E-state index < -0.39 is 6.04 Å². The maximum Gasteiger partial charge on any atom is 0.318 e. The first-order valence-electron chi connectivity index (χ1n) is 14.8. The smallest absolute Gasteiger partial charge is 0.318 e. The summed E-state index contributed by atoms with van der Waals surface area (Å²) >= 11 is 0. The highest BCUT2D eigenvalue weighted by Gasteiger charge is 2.37. The Bertz CT molecular complexity index is 1200. The van der Waals surface area contributed by atoms with Gasteiger partial charge in [-0.1, -0.05) is 44.7 Å². The van der Waals surface area contributed by atoms with Gasteiger partial charge in [0, 0.05) is 57.1 Å². The van der Waals surface area contributed by atoms with Gasteiger partial charge in [-0.25, -0.2) is 14.6 Å². The van der Waals surface area contributed by atoms with Crippen LogP contribution in [0.15, 0.2) is 36.8 Å². The highest BCUT2D eigenvalue weighted by atomic mass is 16.2. The van der Waals surface area contributed by atoms with Crippen LogP contribution in [-0.2, 0) is 17.8 Å². The Morgan fingerprint density at radius 2 is 1.80 bits per heavy atom. The van der Waals surface area contributed by atoms with Gasteiger partial charge in [-0.05, 0) is 37.0 Å². The molecule has 1 saturated carbocycles. The van der Waals surface area contributed by atoms with E-state index in [2.05, 4.69) is 33.9 Å². The largest absolute Gasteiger partial charge is 0.354 e. The predicted molar refractivity (Wildman–Crippen MR) is 155 cm³/mol. The van der Waals surface area contributed by atoms with Gasteiger partial charge in [0.15, 0.2) is 0 Å². The first-order valence-corrected chi connectivity index (χ1v) is 14.8. The average molecular weight is 563 g/mol. The molecule has 3 N–H and O–H groups in total. The standard InChI is InChI=1S/C30H42N8O3/c1-2-3-14-34-29(40)36-16-17-38(30(41)35-25-7-5-4-6-8-25)27(21-36)28(39)33-15-13-26-19-32-22-37(26)20-24-11-9-23(18-31)10-12-24/h9-12,19,22,25,27H,2-8,13-17,20-21H2,1H3,(H,33,39)(H,34,40)(H,35,41). The Morgan fingerprint density at radius 3 is 2.54 bits per heavy atom. The summed E-state index contributed by atoms with van der Waals surface area (Å²) in [6.45, 7) is 4.47. The van der Waals surface area contributed by atoms with Crippen LogP contribution >= 0.6 is 0 Å². The summed E-state index contributed by atoms with van der Waals surface area (Å²) in [5.74, 6) is -0.270. The number of aromatic nitrogens is 2. The number of carbonyl (C=O) groups is 3. The van der Waals surface area contributed by atoms with Crippen molar-refractivity contribution < 1.29 is 14.4 Å². The summed E-state index contributed by atoms with van der Waals surface area (Å²) in [6.07, 6.45) is 11.3. The van der Waals surface area contributed by atoms with Crippen LogP contribution < -0.4 is 16.0 Å². The van der Waals surface area contributed by atoms with Gasteiger partial charge in [0.25, 0.3) is 0 Å². The quantitative estimate of drug-likeness (QED) is 0.383. The number of rotatable bonds is 10. The fourth-order valence-corrected chi connectivity index (χ4v) is 5.43. The summed E-state index contributed by atoms with van der Waals surface area (Å²) in [5, 5.41) is 18.1. The van der Waals surface area contributed by atoms with Gasteiger partial charge in [0.05, 0.1) is 24.5 Å². The van der Waals surface area contributed by atoms with Gasteiger partial charge >= 0.3 is 12.1 Å². The Hall–Kier alpha value is -4.07. The van der Waals surface area contributed by atoms with Gasteiger partial charge < -0.3 is 30.3 Å². The molecule has 2 aromatic rings. The second kappa shape index (κ2) is 15.1. The third-order valence-electron chi connectivity index (χ3n) is 7.89.